The lowest BCUT2D eigenvalue weighted by molar-refractivity contribution is -0.131. The number of amides is 1. The zero-order valence-corrected chi connectivity index (χ0v) is 13.2. The zero-order chi connectivity index (χ0) is 15.3. The van der Waals surface area contributed by atoms with Gasteiger partial charge in [-0.05, 0) is 18.4 Å². The molecule has 1 aromatic carbocycles. The van der Waals surface area contributed by atoms with Gasteiger partial charge in [0.25, 0.3) is 0 Å². The summed E-state index contributed by atoms with van der Waals surface area (Å²) in [5, 5.41) is 0. The highest BCUT2D eigenvalue weighted by Gasteiger charge is 2.23. The first-order valence-electron chi connectivity index (χ1n) is 7.23. The molecule has 0 aliphatic carbocycles. The standard InChI is InChI=1S/C15H22N2O3S/c1-21(19,20)17-11-5-10-16(12-13-17)15(18)9-8-14-6-3-2-4-7-14/h2-4,6-7H,5,8-13H2,1H3. The van der Waals surface area contributed by atoms with Crippen molar-refractivity contribution in [3.63, 3.8) is 0 Å². The fraction of sp³-hybridized carbons (Fsp3) is 0.533. The number of rotatable bonds is 4. The van der Waals surface area contributed by atoms with Crippen molar-refractivity contribution in [2.24, 2.45) is 0 Å². The topological polar surface area (TPSA) is 57.7 Å². The molecule has 0 radical (unpaired) electrons. The lowest BCUT2D eigenvalue weighted by atomic mass is 10.1. The van der Waals surface area contributed by atoms with E-state index in [1.54, 1.807) is 4.90 Å². The predicted molar refractivity (Wildman–Crippen MR) is 82.4 cm³/mol. The van der Waals surface area contributed by atoms with Gasteiger partial charge in [0.05, 0.1) is 6.26 Å². The summed E-state index contributed by atoms with van der Waals surface area (Å²) in [7, 11) is -3.16. The summed E-state index contributed by atoms with van der Waals surface area (Å²) in [5.74, 6) is 0.106. The molecule has 0 aromatic heterocycles. The fourth-order valence-corrected chi connectivity index (χ4v) is 3.40. The molecule has 1 saturated heterocycles. The fourth-order valence-electron chi connectivity index (χ4n) is 2.53. The molecular formula is C15H22N2O3S. The van der Waals surface area contributed by atoms with E-state index in [0.29, 0.717) is 39.0 Å². The van der Waals surface area contributed by atoms with Crippen molar-refractivity contribution >= 4 is 15.9 Å². The van der Waals surface area contributed by atoms with Crippen LogP contribution in [0.2, 0.25) is 0 Å². The quantitative estimate of drug-likeness (QED) is 0.837. The van der Waals surface area contributed by atoms with Crippen LogP contribution >= 0.6 is 0 Å². The largest absolute Gasteiger partial charge is 0.341 e. The molecule has 116 valence electrons. The SMILES string of the molecule is CS(=O)(=O)N1CCCN(C(=O)CCc2ccccc2)CC1. The number of hydrogen-bond donors (Lipinski definition) is 0. The van der Waals surface area contributed by atoms with E-state index < -0.39 is 10.0 Å². The highest BCUT2D eigenvalue weighted by Crippen LogP contribution is 2.10. The van der Waals surface area contributed by atoms with E-state index in [0.717, 1.165) is 12.0 Å². The minimum atomic E-state index is -3.16. The van der Waals surface area contributed by atoms with Gasteiger partial charge in [-0.3, -0.25) is 4.79 Å². The predicted octanol–water partition coefficient (Wildman–Crippen LogP) is 1.11. The number of benzene rings is 1. The highest BCUT2D eigenvalue weighted by atomic mass is 32.2. The minimum absolute atomic E-state index is 0.106. The molecule has 2 rings (SSSR count). The Kier molecular flexibility index (Phi) is 5.36. The van der Waals surface area contributed by atoms with E-state index >= 15 is 0 Å². The van der Waals surface area contributed by atoms with Crippen molar-refractivity contribution in [2.45, 2.75) is 19.3 Å². The molecular weight excluding hydrogens is 288 g/mol. The van der Waals surface area contributed by atoms with Crippen molar-refractivity contribution in [3.8, 4) is 0 Å². The Morgan fingerprint density at radius 3 is 2.48 bits per heavy atom. The molecule has 1 aliphatic heterocycles. The van der Waals surface area contributed by atoms with Gasteiger partial charge >= 0.3 is 0 Å². The van der Waals surface area contributed by atoms with Crippen LogP contribution in [-0.2, 0) is 21.2 Å². The summed E-state index contributed by atoms with van der Waals surface area (Å²) < 4.78 is 24.6. The van der Waals surface area contributed by atoms with Crippen LogP contribution in [0.15, 0.2) is 30.3 Å². The average molecular weight is 310 g/mol. The average Bonchev–Trinajstić information content (AvgIpc) is 2.71. The first-order valence-corrected chi connectivity index (χ1v) is 9.08. The maximum Gasteiger partial charge on any atom is 0.222 e. The summed E-state index contributed by atoms with van der Waals surface area (Å²) in [6.45, 7) is 2.03. The van der Waals surface area contributed by atoms with Crippen LogP contribution in [0.4, 0.5) is 0 Å². The molecule has 6 heteroatoms. The van der Waals surface area contributed by atoms with Crippen LogP contribution in [0.25, 0.3) is 0 Å². The molecule has 0 atom stereocenters. The number of nitrogens with zero attached hydrogens (tertiary/aromatic N) is 2. The first-order chi connectivity index (χ1) is 9.97. The Morgan fingerprint density at radius 1 is 1.10 bits per heavy atom. The van der Waals surface area contributed by atoms with Gasteiger partial charge in [0.1, 0.15) is 0 Å². The van der Waals surface area contributed by atoms with Crippen molar-refractivity contribution in [2.75, 3.05) is 32.4 Å². The molecule has 1 aromatic rings. The third kappa shape index (κ3) is 4.82. The molecule has 21 heavy (non-hydrogen) atoms. The second kappa shape index (κ2) is 7.04. The molecule has 0 unspecified atom stereocenters. The smallest absolute Gasteiger partial charge is 0.222 e. The van der Waals surface area contributed by atoms with Crippen LogP contribution in [-0.4, -0.2) is 56.0 Å². The van der Waals surface area contributed by atoms with Crippen molar-refractivity contribution in [1.82, 2.24) is 9.21 Å². The summed E-state index contributed by atoms with van der Waals surface area (Å²) >= 11 is 0. The molecule has 0 bridgehead atoms. The van der Waals surface area contributed by atoms with E-state index in [-0.39, 0.29) is 5.91 Å². The molecule has 0 N–H and O–H groups in total. The van der Waals surface area contributed by atoms with Gasteiger partial charge in [-0.25, -0.2) is 12.7 Å². The minimum Gasteiger partial charge on any atom is -0.341 e. The molecule has 1 aliphatic rings. The van der Waals surface area contributed by atoms with Crippen molar-refractivity contribution in [1.29, 1.82) is 0 Å². The van der Waals surface area contributed by atoms with Crippen LogP contribution in [0.3, 0.4) is 0 Å². The number of carbonyl (C=O) groups excluding carboxylic acids is 1. The second-order valence-corrected chi connectivity index (χ2v) is 7.36. The number of sulfonamides is 1. The van der Waals surface area contributed by atoms with Crippen LogP contribution in [0.5, 0.6) is 0 Å². The highest BCUT2D eigenvalue weighted by molar-refractivity contribution is 7.88. The molecule has 1 amide bonds. The summed E-state index contributed by atoms with van der Waals surface area (Å²) in [6, 6.07) is 9.92. The lowest BCUT2D eigenvalue weighted by Gasteiger charge is -2.21. The first kappa shape index (κ1) is 16.0. The zero-order valence-electron chi connectivity index (χ0n) is 12.4. The Balaban J connectivity index is 1.86. The van der Waals surface area contributed by atoms with E-state index in [1.807, 2.05) is 30.3 Å². The van der Waals surface area contributed by atoms with Crippen molar-refractivity contribution in [3.05, 3.63) is 35.9 Å². The van der Waals surface area contributed by atoms with E-state index in [2.05, 4.69) is 0 Å². The van der Waals surface area contributed by atoms with Gasteiger partial charge in [-0.2, -0.15) is 0 Å². The Bertz CT molecular complexity index is 572. The summed E-state index contributed by atoms with van der Waals surface area (Å²) in [5.41, 5.74) is 1.15. The van der Waals surface area contributed by atoms with Gasteiger partial charge in [0.15, 0.2) is 0 Å². The number of carbonyl (C=O) groups is 1. The molecule has 0 spiro atoms. The second-order valence-electron chi connectivity index (χ2n) is 5.38. The van der Waals surface area contributed by atoms with Gasteiger partial charge in [-0.1, -0.05) is 30.3 Å². The van der Waals surface area contributed by atoms with E-state index in [4.69, 9.17) is 0 Å². The Morgan fingerprint density at radius 2 is 1.81 bits per heavy atom. The molecule has 0 saturated carbocycles. The van der Waals surface area contributed by atoms with E-state index in [1.165, 1.54) is 10.6 Å². The summed E-state index contributed by atoms with van der Waals surface area (Å²) in [4.78, 5) is 14.0. The Hall–Kier alpha value is -1.40. The maximum atomic E-state index is 12.2. The molecule has 1 fully saturated rings. The number of hydrogen-bond acceptors (Lipinski definition) is 3. The van der Waals surface area contributed by atoms with Crippen molar-refractivity contribution < 1.29 is 13.2 Å². The third-order valence-electron chi connectivity index (χ3n) is 3.75. The van der Waals surface area contributed by atoms with Gasteiger partial charge in [0, 0.05) is 32.6 Å². The maximum absolute atomic E-state index is 12.2. The number of aryl methyl sites for hydroxylation is 1. The van der Waals surface area contributed by atoms with Crippen LogP contribution < -0.4 is 0 Å². The monoisotopic (exact) mass is 310 g/mol. The van der Waals surface area contributed by atoms with Crippen LogP contribution in [0, 0.1) is 0 Å². The Labute approximate surface area is 126 Å². The normalized spacial score (nSPS) is 17.5. The molecule has 1 heterocycles. The van der Waals surface area contributed by atoms with Gasteiger partial charge < -0.3 is 4.90 Å². The van der Waals surface area contributed by atoms with E-state index in [9.17, 15) is 13.2 Å². The van der Waals surface area contributed by atoms with Gasteiger partial charge in [0.2, 0.25) is 15.9 Å². The molecule has 5 nitrogen and oxygen atoms in total. The van der Waals surface area contributed by atoms with Crippen LogP contribution in [0.1, 0.15) is 18.4 Å². The lowest BCUT2D eigenvalue weighted by Crippen LogP contribution is -2.37. The third-order valence-corrected chi connectivity index (χ3v) is 5.05. The van der Waals surface area contributed by atoms with Gasteiger partial charge in [-0.15, -0.1) is 0 Å². The summed E-state index contributed by atoms with van der Waals surface area (Å²) in [6.07, 6.45) is 3.12.